The average Bonchev–Trinajstić information content (AvgIpc) is 3.99. The highest BCUT2D eigenvalue weighted by molar-refractivity contribution is 7.26. The van der Waals surface area contributed by atoms with Crippen molar-refractivity contribution in [2.45, 2.75) is 38.5 Å². The second-order valence-electron chi connectivity index (χ2n) is 18.5. The summed E-state index contributed by atoms with van der Waals surface area (Å²) >= 11 is 1.93. The van der Waals surface area contributed by atoms with E-state index >= 15 is 0 Å². The third kappa shape index (κ3) is 4.96. The lowest BCUT2D eigenvalue weighted by Gasteiger charge is -2.22. The molecule has 0 spiro atoms. The molecule has 2 heterocycles. The third-order valence-electron chi connectivity index (χ3n) is 14.4. The molecule has 0 saturated heterocycles. The van der Waals surface area contributed by atoms with Crippen molar-refractivity contribution in [2.75, 3.05) is 0 Å². The largest absolute Gasteiger partial charge is 0.309 e. The molecule has 294 valence electrons. The van der Waals surface area contributed by atoms with E-state index in [1.807, 2.05) is 11.3 Å². The average molecular weight is 810 g/mol. The SMILES string of the molecule is CC1(C)c2ccccc2-c2ccc(-c3ccc4c(c3)c3cc(-c5ccc(-c6ccccc6)cc5)ccc3n4-c3ccc4c(c3)C(C)(C)c3ccc5c(sc6ccccc65)c3-4)cc21. The summed E-state index contributed by atoms with van der Waals surface area (Å²) in [5, 5.41) is 5.23. The normalized spacial score (nSPS) is 14.4. The standard InChI is InChI=1S/C60H43NS/c1-59(2)50-16-10-8-14-43(50)44-26-22-41(34-52(44)59)40-24-31-55-49(33-40)48-32-39(38-20-18-37(19-21-38)36-12-6-5-7-13-36)23-30-54(48)61(55)42-25-27-47-53(35-42)60(3,4)51-29-28-46-45-15-9-11-17-56(45)62-58(46)57(47)51/h5-35H,1-4H3. The molecule has 0 unspecified atom stereocenters. The molecule has 0 amide bonds. The van der Waals surface area contributed by atoms with Gasteiger partial charge >= 0.3 is 0 Å². The van der Waals surface area contributed by atoms with Gasteiger partial charge in [-0.05, 0) is 121 Å². The number of rotatable bonds is 4. The van der Waals surface area contributed by atoms with Gasteiger partial charge in [0.25, 0.3) is 0 Å². The lowest BCUT2D eigenvalue weighted by atomic mass is 9.81. The van der Waals surface area contributed by atoms with Crippen molar-refractivity contribution < 1.29 is 0 Å². The first-order valence-corrected chi connectivity index (χ1v) is 22.6. The highest BCUT2D eigenvalue weighted by Crippen LogP contribution is 2.55. The minimum atomic E-state index is -0.142. The first kappa shape index (κ1) is 35.7. The van der Waals surface area contributed by atoms with Crippen LogP contribution in [0.15, 0.2) is 188 Å². The van der Waals surface area contributed by atoms with Gasteiger partial charge in [0.15, 0.2) is 0 Å². The molecule has 2 aliphatic carbocycles. The van der Waals surface area contributed by atoms with Crippen LogP contribution in [0.5, 0.6) is 0 Å². The molecule has 0 saturated carbocycles. The Morgan fingerprint density at radius 3 is 1.68 bits per heavy atom. The van der Waals surface area contributed by atoms with Crippen LogP contribution < -0.4 is 0 Å². The molecule has 0 atom stereocenters. The Bertz CT molecular complexity index is 3670. The van der Waals surface area contributed by atoms with Crippen LogP contribution in [0.1, 0.15) is 49.9 Å². The quantitative estimate of drug-likeness (QED) is 0.167. The fourth-order valence-corrected chi connectivity index (χ4v) is 12.4. The third-order valence-corrected chi connectivity index (χ3v) is 15.6. The van der Waals surface area contributed by atoms with E-state index in [1.165, 1.54) is 126 Å². The Morgan fingerprint density at radius 1 is 0.355 bits per heavy atom. The Balaban J connectivity index is 0.992. The smallest absolute Gasteiger partial charge is 0.0541 e. The van der Waals surface area contributed by atoms with Crippen molar-refractivity contribution in [3.05, 3.63) is 210 Å². The van der Waals surface area contributed by atoms with E-state index in [0.29, 0.717) is 0 Å². The Kier molecular flexibility index (Phi) is 7.36. The summed E-state index contributed by atoms with van der Waals surface area (Å²) in [5.41, 5.74) is 21.9. The maximum absolute atomic E-state index is 2.51. The van der Waals surface area contributed by atoms with Gasteiger partial charge in [0, 0.05) is 53.0 Å². The number of benzene rings is 9. The molecule has 2 aliphatic rings. The van der Waals surface area contributed by atoms with Crippen molar-refractivity contribution in [1.82, 2.24) is 4.57 Å². The van der Waals surface area contributed by atoms with Gasteiger partial charge in [0.2, 0.25) is 0 Å². The lowest BCUT2D eigenvalue weighted by molar-refractivity contribution is 0.660. The fraction of sp³-hybridized carbons (Fsp3) is 0.100. The van der Waals surface area contributed by atoms with E-state index in [9.17, 15) is 0 Å². The van der Waals surface area contributed by atoms with Gasteiger partial charge in [-0.3, -0.25) is 0 Å². The fourth-order valence-electron chi connectivity index (χ4n) is 11.2. The summed E-state index contributed by atoms with van der Waals surface area (Å²) < 4.78 is 5.26. The molecule has 0 fully saturated rings. The molecule has 2 aromatic heterocycles. The van der Waals surface area contributed by atoms with Crippen LogP contribution in [0.4, 0.5) is 0 Å². The molecular formula is C60H43NS. The predicted octanol–water partition coefficient (Wildman–Crippen LogP) is 16.8. The molecule has 0 radical (unpaired) electrons. The summed E-state index contributed by atoms with van der Waals surface area (Å²) in [6.45, 7) is 9.55. The van der Waals surface area contributed by atoms with Gasteiger partial charge in [0.1, 0.15) is 0 Å². The molecule has 0 bridgehead atoms. The second kappa shape index (κ2) is 12.8. The molecule has 2 heteroatoms. The van der Waals surface area contributed by atoms with Gasteiger partial charge in [-0.25, -0.2) is 0 Å². The van der Waals surface area contributed by atoms with Crippen molar-refractivity contribution >= 4 is 53.3 Å². The zero-order chi connectivity index (χ0) is 41.5. The van der Waals surface area contributed by atoms with Crippen LogP contribution in [0.2, 0.25) is 0 Å². The van der Waals surface area contributed by atoms with Gasteiger partial charge in [-0.15, -0.1) is 11.3 Å². The van der Waals surface area contributed by atoms with Gasteiger partial charge in [-0.1, -0.05) is 167 Å². The minimum absolute atomic E-state index is 0.0588. The number of thiophene rings is 1. The minimum Gasteiger partial charge on any atom is -0.309 e. The molecule has 0 N–H and O–H groups in total. The van der Waals surface area contributed by atoms with E-state index in [0.717, 1.165) is 0 Å². The highest BCUT2D eigenvalue weighted by Gasteiger charge is 2.38. The topological polar surface area (TPSA) is 4.93 Å². The maximum atomic E-state index is 2.51. The van der Waals surface area contributed by atoms with Crippen molar-refractivity contribution in [3.63, 3.8) is 0 Å². The molecular weight excluding hydrogens is 767 g/mol. The highest BCUT2D eigenvalue weighted by atomic mass is 32.1. The van der Waals surface area contributed by atoms with Crippen LogP contribution in [0, 0.1) is 0 Å². The van der Waals surface area contributed by atoms with Crippen molar-refractivity contribution in [3.8, 4) is 61.3 Å². The first-order chi connectivity index (χ1) is 30.2. The number of aromatic nitrogens is 1. The molecule has 0 aliphatic heterocycles. The van der Waals surface area contributed by atoms with E-state index < -0.39 is 0 Å². The number of nitrogens with zero attached hydrogens (tertiary/aromatic N) is 1. The Morgan fingerprint density at radius 2 is 0.903 bits per heavy atom. The second-order valence-corrected chi connectivity index (χ2v) is 19.5. The van der Waals surface area contributed by atoms with Crippen molar-refractivity contribution in [1.29, 1.82) is 0 Å². The predicted molar refractivity (Wildman–Crippen MR) is 265 cm³/mol. The Labute approximate surface area is 366 Å². The molecule has 9 aromatic carbocycles. The maximum Gasteiger partial charge on any atom is 0.0541 e. The summed E-state index contributed by atoms with van der Waals surface area (Å²) in [6.07, 6.45) is 0. The number of hydrogen-bond acceptors (Lipinski definition) is 1. The van der Waals surface area contributed by atoms with E-state index in [1.54, 1.807) is 0 Å². The first-order valence-electron chi connectivity index (χ1n) is 21.8. The lowest BCUT2D eigenvalue weighted by Crippen LogP contribution is -2.15. The molecule has 13 rings (SSSR count). The summed E-state index contributed by atoms with van der Waals surface area (Å²) in [4.78, 5) is 0. The van der Waals surface area contributed by atoms with Crippen LogP contribution in [-0.4, -0.2) is 4.57 Å². The van der Waals surface area contributed by atoms with E-state index in [4.69, 9.17) is 0 Å². The van der Waals surface area contributed by atoms with Crippen LogP contribution in [-0.2, 0) is 10.8 Å². The van der Waals surface area contributed by atoms with E-state index in [-0.39, 0.29) is 10.8 Å². The van der Waals surface area contributed by atoms with Crippen LogP contribution >= 0.6 is 11.3 Å². The zero-order valence-electron chi connectivity index (χ0n) is 35.3. The van der Waals surface area contributed by atoms with Gasteiger partial charge in [-0.2, -0.15) is 0 Å². The summed E-state index contributed by atoms with van der Waals surface area (Å²) in [7, 11) is 0. The van der Waals surface area contributed by atoms with Gasteiger partial charge < -0.3 is 4.57 Å². The van der Waals surface area contributed by atoms with Crippen LogP contribution in [0.3, 0.4) is 0 Å². The summed E-state index contributed by atoms with van der Waals surface area (Å²) in [5.74, 6) is 0. The molecule has 62 heavy (non-hydrogen) atoms. The van der Waals surface area contributed by atoms with Crippen LogP contribution in [0.25, 0.3) is 103 Å². The monoisotopic (exact) mass is 809 g/mol. The molecule has 1 nitrogen and oxygen atoms in total. The zero-order valence-corrected chi connectivity index (χ0v) is 36.1. The Hall–Kier alpha value is -7.00. The van der Waals surface area contributed by atoms with Crippen molar-refractivity contribution in [2.24, 2.45) is 0 Å². The van der Waals surface area contributed by atoms with E-state index in [2.05, 4.69) is 220 Å². The number of hydrogen-bond donors (Lipinski definition) is 0. The molecule has 11 aromatic rings. The number of fused-ring (bicyclic) bond motifs is 13. The summed E-state index contributed by atoms with van der Waals surface area (Å²) in [6, 6.07) is 70.8. The van der Waals surface area contributed by atoms with Gasteiger partial charge in [0.05, 0.1) is 11.0 Å².